The number of carbonyl (C=O) groups is 3. The van der Waals surface area contributed by atoms with Crippen molar-refractivity contribution in [2.75, 3.05) is 26.2 Å². The minimum absolute atomic E-state index is 0.0984. The minimum atomic E-state index is -0.656. The van der Waals surface area contributed by atoms with Gasteiger partial charge in [-0.25, -0.2) is 9.59 Å². The third kappa shape index (κ3) is 15.6. The second-order valence-electron chi connectivity index (χ2n) is 9.36. The summed E-state index contributed by atoms with van der Waals surface area (Å²) in [6.45, 7) is 17.1. The van der Waals surface area contributed by atoms with Gasteiger partial charge in [-0.3, -0.25) is 9.69 Å². The average molecular weight is 429 g/mol. The van der Waals surface area contributed by atoms with Gasteiger partial charge in [0.05, 0.1) is 0 Å². The summed E-state index contributed by atoms with van der Waals surface area (Å²) in [5.74, 6) is -0.360. The molecule has 174 valence electrons. The Morgan fingerprint density at radius 2 is 1.63 bits per heavy atom. The Labute approximate surface area is 181 Å². The summed E-state index contributed by atoms with van der Waals surface area (Å²) < 4.78 is 15.6. The van der Waals surface area contributed by atoms with Crippen LogP contribution in [0.25, 0.3) is 0 Å². The summed E-state index contributed by atoms with van der Waals surface area (Å²) in [7, 11) is 0. The van der Waals surface area contributed by atoms with Gasteiger partial charge in [0.15, 0.2) is 0 Å². The maximum atomic E-state index is 12.5. The van der Waals surface area contributed by atoms with Crippen LogP contribution in [0.3, 0.4) is 0 Å². The van der Waals surface area contributed by atoms with Crippen molar-refractivity contribution in [3.63, 3.8) is 0 Å². The van der Waals surface area contributed by atoms with E-state index in [2.05, 4.69) is 11.9 Å². The van der Waals surface area contributed by atoms with Gasteiger partial charge in [0.1, 0.15) is 24.4 Å². The SMILES string of the molecule is C=CCOC(=O)CN(C[C@@H](C)CCCCNC(=O)OC(C)(C)C)C(=O)OC(C)(C)C. The molecule has 0 aromatic carbocycles. The molecule has 0 aliphatic heterocycles. The quantitative estimate of drug-likeness (QED) is 0.228. The molecule has 30 heavy (non-hydrogen) atoms. The Bertz CT molecular complexity index is 563. The highest BCUT2D eigenvalue weighted by molar-refractivity contribution is 5.78. The second-order valence-corrected chi connectivity index (χ2v) is 9.36. The van der Waals surface area contributed by atoms with Crippen molar-refractivity contribution in [2.45, 2.75) is 78.9 Å². The van der Waals surface area contributed by atoms with E-state index >= 15 is 0 Å². The van der Waals surface area contributed by atoms with E-state index in [1.807, 2.05) is 27.7 Å². The van der Waals surface area contributed by atoms with Crippen molar-refractivity contribution in [3.8, 4) is 0 Å². The van der Waals surface area contributed by atoms with Crippen LogP contribution in [0.15, 0.2) is 12.7 Å². The summed E-state index contributed by atoms with van der Waals surface area (Å²) >= 11 is 0. The van der Waals surface area contributed by atoms with Crippen LogP contribution in [0.4, 0.5) is 9.59 Å². The first-order chi connectivity index (χ1) is 13.7. The summed E-state index contributed by atoms with van der Waals surface area (Å²) in [6.07, 6.45) is 2.99. The Hall–Kier alpha value is -2.25. The molecule has 0 aliphatic rings. The summed E-state index contributed by atoms with van der Waals surface area (Å²) in [5, 5.41) is 2.73. The molecule has 0 fully saturated rings. The van der Waals surface area contributed by atoms with Crippen LogP contribution < -0.4 is 5.32 Å². The molecule has 0 radical (unpaired) electrons. The number of hydrogen-bond acceptors (Lipinski definition) is 6. The third-order valence-corrected chi connectivity index (χ3v) is 3.66. The molecule has 0 aromatic rings. The largest absolute Gasteiger partial charge is 0.460 e. The lowest BCUT2D eigenvalue weighted by Gasteiger charge is -2.28. The molecule has 0 rings (SSSR count). The molecule has 8 heteroatoms. The smallest absolute Gasteiger partial charge is 0.410 e. The van der Waals surface area contributed by atoms with Crippen molar-refractivity contribution < 1.29 is 28.6 Å². The van der Waals surface area contributed by atoms with Gasteiger partial charge in [-0.15, -0.1) is 0 Å². The van der Waals surface area contributed by atoms with Gasteiger partial charge in [0, 0.05) is 13.1 Å². The zero-order chi connectivity index (χ0) is 23.4. The Morgan fingerprint density at radius 3 is 2.17 bits per heavy atom. The first-order valence-corrected chi connectivity index (χ1v) is 10.4. The maximum Gasteiger partial charge on any atom is 0.410 e. The molecule has 0 spiro atoms. The lowest BCUT2D eigenvalue weighted by molar-refractivity contribution is -0.143. The number of carbonyl (C=O) groups excluding carboxylic acids is 3. The number of nitrogens with zero attached hydrogens (tertiary/aromatic N) is 1. The molecule has 0 bridgehead atoms. The van der Waals surface area contributed by atoms with Gasteiger partial charge in [-0.1, -0.05) is 26.0 Å². The van der Waals surface area contributed by atoms with Crippen LogP contribution in [0, 0.1) is 5.92 Å². The fourth-order valence-corrected chi connectivity index (χ4v) is 2.47. The number of ether oxygens (including phenoxy) is 3. The highest BCUT2D eigenvalue weighted by Crippen LogP contribution is 2.14. The zero-order valence-corrected chi connectivity index (χ0v) is 19.7. The van der Waals surface area contributed by atoms with Crippen LogP contribution in [0.5, 0.6) is 0 Å². The van der Waals surface area contributed by atoms with Crippen LogP contribution in [-0.2, 0) is 19.0 Å². The molecular formula is C22H40N2O6. The molecule has 1 atom stereocenters. The Kier molecular flexibility index (Phi) is 12.1. The molecular weight excluding hydrogens is 388 g/mol. The standard InChI is InChI=1S/C22H40N2O6/c1-9-14-28-18(25)16-24(20(27)30-22(6,7)8)15-17(2)12-10-11-13-23-19(26)29-21(3,4)5/h9,17H,1,10-16H2,2-8H3,(H,23,26)/t17-/m0/s1. The molecule has 1 N–H and O–H groups in total. The van der Waals surface area contributed by atoms with E-state index in [0.717, 1.165) is 19.3 Å². The zero-order valence-electron chi connectivity index (χ0n) is 19.7. The van der Waals surface area contributed by atoms with Crippen molar-refractivity contribution in [1.29, 1.82) is 0 Å². The van der Waals surface area contributed by atoms with Gasteiger partial charge in [-0.2, -0.15) is 0 Å². The lowest BCUT2D eigenvalue weighted by Crippen LogP contribution is -2.42. The van der Waals surface area contributed by atoms with Crippen LogP contribution in [0.2, 0.25) is 0 Å². The van der Waals surface area contributed by atoms with Gasteiger partial charge >= 0.3 is 18.2 Å². The molecule has 0 saturated heterocycles. The van der Waals surface area contributed by atoms with Gasteiger partial charge < -0.3 is 19.5 Å². The number of amides is 2. The number of esters is 1. The second kappa shape index (κ2) is 13.1. The predicted molar refractivity (Wildman–Crippen MR) is 116 cm³/mol. The van der Waals surface area contributed by atoms with Gasteiger partial charge in [0.2, 0.25) is 0 Å². The van der Waals surface area contributed by atoms with E-state index in [9.17, 15) is 14.4 Å². The molecule has 8 nitrogen and oxygen atoms in total. The van der Waals surface area contributed by atoms with Gasteiger partial charge in [-0.05, 0) is 60.3 Å². The summed E-state index contributed by atoms with van der Waals surface area (Å²) in [5.41, 5.74) is -1.17. The summed E-state index contributed by atoms with van der Waals surface area (Å²) in [6, 6.07) is 0. The van der Waals surface area contributed by atoms with Crippen molar-refractivity contribution >= 4 is 18.2 Å². The monoisotopic (exact) mass is 428 g/mol. The molecule has 0 aromatic heterocycles. The molecule has 0 unspecified atom stereocenters. The number of rotatable bonds is 11. The van der Waals surface area contributed by atoms with E-state index < -0.39 is 29.4 Å². The summed E-state index contributed by atoms with van der Waals surface area (Å²) in [4.78, 5) is 37.4. The third-order valence-electron chi connectivity index (χ3n) is 3.66. The van der Waals surface area contributed by atoms with E-state index in [0.29, 0.717) is 13.1 Å². The first-order valence-electron chi connectivity index (χ1n) is 10.4. The first kappa shape index (κ1) is 27.8. The lowest BCUT2D eigenvalue weighted by atomic mass is 10.0. The Morgan fingerprint density at radius 1 is 1.03 bits per heavy atom. The molecule has 0 saturated carbocycles. The molecule has 0 heterocycles. The highest BCUT2D eigenvalue weighted by atomic mass is 16.6. The number of alkyl carbamates (subject to hydrolysis) is 1. The van der Waals surface area contributed by atoms with E-state index in [4.69, 9.17) is 14.2 Å². The van der Waals surface area contributed by atoms with E-state index in [1.165, 1.54) is 11.0 Å². The topological polar surface area (TPSA) is 94.2 Å². The fraction of sp³-hybridized carbons (Fsp3) is 0.773. The van der Waals surface area contributed by atoms with Gasteiger partial charge in [0.25, 0.3) is 0 Å². The number of nitrogens with one attached hydrogen (secondary N) is 1. The normalized spacial score (nSPS) is 12.5. The highest BCUT2D eigenvalue weighted by Gasteiger charge is 2.25. The average Bonchev–Trinajstić information content (AvgIpc) is 2.55. The van der Waals surface area contributed by atoms with Crippen LogP contribution in [0.1, 0.15) is 67.7 Å². The fourth-order valence-electron chi connectivity index (χ4n) is 2.47. The Balaban J connectivity index is 4.49. The van der Waals surface area contributed by atoms with E-state index in [1.54, 1.807) is 20.8 Å². The van der Waals surface area contributed by atoms with Crippen LogP contribution >= 0.6 is 0 Å². The van der Waals surface area contributed by atoms with Crippen LogP contribution in [-0.4, -0.2) is 60.5 Å². The van der Waals surface area contributed by atoms with Crippen molar-refractivity contribution in [1.82, 2.24) is 10.2 Å². The predicted octanol–water partition coefficient (Wildman–Crippen LogP) is 4.28. The minimum Gasteiger partial charge on any atom is -0.460 e. The number of unbranched alkanes of at least 4 members (excludes halogenated alkanes) is 1. The molecule has 0 aliphatic carbocycles. The number of hydrogen-bond donors (Lipinski definition) is 1. The molecule has 2 amide bonds. The van der Waals surface area contributed by atoms with Crippen molar-refractivity contribution in [2.24, 2.45) is 5.92 Å². The van der Waals surface area contributed by atoms with E-state index in [-0.39, 0.29) is 19.1 Å². The van der Waals surface area contributed by atoms with Crippen molar-refractivity contribution in [3.05, 3.63) is 12.7 Å². The maximum absolute atomic E-state index is 12.5.